The van der Waals surface area contributed by atoms with Gasteiger partial charge in [0.05, 0.1) is 6.42 Å². The molecule has 0 aromatic carbocycles. The molecular weight excluding hydrogens is 195 g/mol. The molecule has 5 heteroatoms. The number of hydrogen-bond acceptors (Lipinski definition) is 2. The fraction of sp³-hybridized carbons (Fsp3) is 0.889. The lowest BCUT2D eigenvalue weighted by Gasteiger charge is -2.21. The van der Waals surface area contributed by atoms with Crippen molar-refractivity contribution < 1.29 is 18.0 Å². The highest BCUT2D eigenvalue weighted by Gasteiger charge is 2.30. The lowest BCUT2D eigenvalue weighted by atomic mass is 9.92. The Morgan fingerprint density at radius 2 is 2.14 bits per heavy atom. The van der Waals surface area contributed by atoms with Gasteiger partial charge in [-0.3, -0.25) is 4.79 Å². The third-order valence-corrected chi connectivity index (χ3v) is 2.41. The van der Waals surface area contributed by atoms with Gasteiger partial charge in [-0.1, -0.05) is 0 Å². The Morgan fingerprint density at radius 1 is 1.43 bits per heavy atom. The van der Waals surface area contributed by atoms with Gasteiger partial charge in [-0.2, -0.15) is 13.2 Å². The van der Waals surface area contributed by atoms with E-state index in [1.807, 2.05) is 0 Å². The first-order valence-corrected chi connectivity index (χ1v) is 4.79. The number of rotatable bonds is 3. The van der Waals surface area contributed by atoms with Crippen LogP contribution in [0, 0.1) is 5.92 Å². The van der Waals surface area contributed by atoms with Gasteiger partial charge >= 0.3 is 6.18 Å². The highest BCUT2D eigenvalue weighted by atomic mass is 19.4. The minimum absolute atomic E-state index is 0.203. The average Bonchev–Trinajstić information content (AvgIpc) is 2.14. The summed E-state index contributed by atoms with van der Waals surface area (Å²) < 4.78 is 35.4. The van der Waals surface area contributed by atoms with Crippen molar-refractivity contribution in [3.8, 4) is 0 Å². The quantitative estimate of drug-likeness (QED) is 0.769. The zero-order chi connectivity index (χ0) is 10.6. The molecule has 1 rings (SSSR count). The van der Waals surface area contributed by atoms with Crippen LogP contribution in [0.3, 0.4) is 0 Å². The topological polar surface area (TPSA) is 29.1 Å². The average molecular weight is 209 g/mol. The van der Waals surface area contributed by atoms with E-state index in [0.717, 1.165) is 19.4 Å². The van der Waals surface area contributed by atoms with Crippen LogP contribution in [0.4, 0.5) is 13.2 Å². The van der Waals surface area contributed by atoms with Gasteiger partial charge in [0.1, 0.15) is 5.78 Å². The number of piperidine rings is 1. The summed E-state index contributed by atoms with van der Waals surface area (Å²) in [6, 6.07) is 0. The monoisotopic (exact) mass is 209 g/mol. The summed E-state index contributed by atoms with van der Waals surface area (Å²) in [4.78, 5) is 11.3. The Morgan fingerprint density at radius 3 is 2.64 bits per heavy atom. The van der Waals surface area contributed by atoms with Crippen LogP contribution in [0.1, 0.15) is 25.7 Å². The van der Waals surface area contributed by atoms with Crippen LogP contribution in [-0.4, -0.2) is 25.0 Å². The van der Waals surface area contributed by atoms with E-state index in [0.29, 0.717) is 6.54 Å². The van der Waals surface area contributed by atoms with E-state index in [1.54, 1.807) is 0 Å². The van der Waals surface area contributed by atoms with Crippen molar-refractivity contribution in [2.24, 2.45) is 5.92 Å². The molecule has 0 aromatic rings. The number of halogens is 3. The first-order chi connectivity index (χ1) is 6.49. The molecule has 2 nitrogen and oxygen atoms in total. The fourth-order valence-electron chi connectivity index (χ4n) is 1.60. The van der Waals surface area contributed by atoms with E-state index in [4.69, 9.17) is 0 Å². The summed E-state index contributed by atoms with van der Waals surface area (Å²) >= 11 is 0. The molecule has 1 aliphatic heterocycles. The standard InChI is InChI=1S/C9H14F3NO/c10-9(11,12)4-3-8(14)7-2-1-5-13-6-7/h7,13H,1-6H2. The van der Waals surface area contributed by atoms with Crippen molar-refractivity contribution in [3.63, 3.8) is 0 Å². The van der Waals surface area contributed by atoms with E-state index in [9.17, 15) is 18.0 Å². The maximum atomic E-state index is 11.8. The summed E-state index contributed by atoms with van der Waals surface area (Å²) in [5.41, 5.74) is 0. The second kappa shape index (κ2) is 4.77. The Labute approximate surface area is 80.9 Å². The lowest BCUT2D eigenvalue weighted by Crippen LogP contribution is -2.34. The molecule has 0 bridgehead atoms. The molecule has 82 valence electrons. The molecule has 0 aromatic heterocycles. The molecule has 0 spiro atoms. The largest absolute Gasteiger partial charge is 0.389 e. The molecule has 1 atom stereocenters. The summed E-state index contributed by atoms with van der Waals surface area (Å²) in [5, 5.41) is 3.01. The molecule has 0 aliphatic carbocycles. The molecule has 1 heterocycles. The van der Waals surface area contributed by atoms with Crippen molar-refractivity contribution >= 4 is 5.78 Å². The summed E-state index contributed by atoms with van der Waals surface area (Å²) in [5.74, 6) is -0.458. The zero-order valence-corrected chi connectivity index (χ0v) is 7.86. The van der Waals surface area contributed by atoms with Gasteiger partial charge in [0.25, 0.3) is 0 Å². The highest BCUT2D eigenvalue weighted by Crippen LogP contribution is 2.23. The molecule has 1 aliphatic rings. The zero-order valence-electron chi connectivity index (χ0n) is 7.86. The summed E-state index contributed by atoms with van der Waals surface area (Å²) in [7, 11) is 0. The minimum atomic E-state index is -4.21. The SMILES string of the molecule is O=C(CCC(F)(F)F)C1CCCNC1. The van der Waals surface area contributed by atoms with Gasteiger partial charge in [0.2, 0.25) is 0 Å². The van der Waals surface area contributed by atoms with Gasteiger partial charge in [0, 0.05) is 18.9 Å². The predicted octanol–water partition coefficient (Wildman–Crippen LogP) is 1.90. The van der Waals surface area contributed by atoms with Crippen molar-refractivity contribution in [2.75, 3.05) is 13.1 Å². The Bertz CT molecular complexity index is 197. The van der Waals surface area contributed by atoms with Crippen LogP contribution in [-0.2, 0) is 4.79 Å². The van der Waals surface area contributed by atoms with Crippen LogP contribution in [0.15, 0.2) is 0 Å². The summed E-state index contributed by atoms with van der Waals surface area (Å²) in [6.07, 6.45) is -3.96. The van der Waals surface area contributed by atoms with Gasteiger partial charge in [-0.25, -0.2) is 0 Å². The number of Topliss-reactive ketones (excluding diaryl/α,β-unsaturated/α-hetero) is 1. The fourth-order valence-corrected chi connectivity index (χ4v) is 1.60. The molecule has 0 amide bonds. The number of nitrogens with one attached hydrogen (secondary N) is 1. The third-order valence-electron chi connectivity index (χ3n) is 2.41. The molecule has 1 unspecified atom stereocenters. The Balaban J connectivity index is 2.27. The van der Waals surface area contributed by atoms with Crippen LogP contribution < -0.4 is 5.32 Å². The van der Waals surface area contributed by atoms with Gasteiger partial charge in [-0.05, 0) is 19.4 Å². The van der Waals surface area contributed by atoms with Crippen LogP contribution in [0.2, 0.25) is 0 Å². The molecule has 1 fully saturated rings. The molecule has 1 saturated heterocycles. The van der Waals surface area contributed by atoms with E-state index in [1.165, 1.54) is 0 Å². The molecule has 14 heavy (non-hydrogen) atoms. The van der Waals surface area contributed by atoms with E-state index in [2.05, 4.69) is 5.32 Å². The minimum Gasteiger partial charge on any atom is -0.316 e. The van der Waals surface area contributed by atoms with Crippen LogP contribution in [0.5, 0.6) is 0 Å². The first kappa shape index (κ1) is 11.5. The van der Waals surface area contributed by atoms with Gasteiger partial charge in [-0.15, -0.1) is 0 Å². The maximum Gasteiger partial charge on any atom is 0.389 e. The van der Waals surface area contributed by atoms with E-state index >= 15 is 0 Å². The van der Waals surface area contributed by atoms with Crippen molar-refractivity contribution in [1.82, 2.24) is 5.32 Å². The Kier molecular flexibility index (Phi) is 3.92. The number of alkyl halides is 3. The summed E-state index contributed by atoms with van der Waals surface area (Å²) in [6.45, 7) is 1.40. The number of ketones is 1. The van der Waals surface area contributed by atoms with Gasteiger partial charge in [0.15, 0.2) is 0 Å². The first-order valence-electron chi connectivity index (χ1n) is 4.79. The molecule has 0 saturated carbocycles. The Hall–Kier alpha value is -0.580. The van der Waals surface area contributed by atoms with E-state index in [-0.39, 0.29) is 18.1 Å². The van der Waals surface area contributed by atoms with Crippen LogP contribution >= 0.6 is 0 Å². The van der Waals surface area contributed by atoms with Crippen molar-refractivity contribution in [1.29, 1.82) is 0 Å². The second-order valence-electron chi connectivity index (χ2n) is 3.62. The van der Waals surface area contributed by atoms with Crippen LogP contribution in [0.25, 0.3) is 0 Å². The third kappa shape index (κ3) is 4.09. The van der Waals surface area contributed by atoms with Crippen molar-refractivity contribution in [2.45, 2.75) is 31.9 Å². The maximum absolute atomic E-state index is 11.8. The number of carbonyl (C=O) groups excluding carboxylic acids is 1. The van der Waals surface area contributed by atoms with E-state index < -0.39 is 12.6 Å². The normalized spacial score (nSPS) is 23.5. The highest BCUT2D eigenvalue weighted by molar-refractivity contribution is 5.81. The van der Waals surface area contributed by atoms with Crippen molar-refractivity contribution in [3.05, 3.63) is 0 Å². The van der Waals surface area contributed by atoms with Gasteiger partial charge < -0.3 is 5.32 Å². The molecular formula is C9H14F3NO. The predicted molar refractivity (Wildman–Crippen MR) is 45.9 cm³/mol. The lowest BCUT2D eigenvalue weighted by molar-refractivity contribution is -0.145. The molecule has 1 N–H and O–H groups in total. The number of hydrogen-bond donors (Lipinski definition) is 1. The second-order valence-corrected chi connectivity index (χ2v) is 3.62. The number of carbonyl (C=O) groups is 1. The smallest absolute Gasteiger partial charge is 0.316 e. The molecule has 0 radical (unpaired) electrons.